The first kappa shape index (κ1) is 21.4. The van der Waals surface area contributed by atoms with Crippen molar-refractivity contribution in [2.45, 2.75) is 39.0 Å². The van der Waals surface area contributed by atoms with Crippen LogP contribution in [0.2, 0.25) is 0 Å². The highest BCUT2D eigenvalue weighted by Crippen LogP contribution is 2.31. The van der Waals surface area contributed by atoms with Gasteiger partial charge in [0.1, 0.15) is 10.6 Å². The van der Waals surface area contributed by atoms with Crippen LogP contribution < -0.4 is 15.4 Å². The highest BCUT2D eigenvalue weighted by atomic mass is 32.1. The average Bonchev–Trinajstić information content (AvgIpc) is 3.53. The van der Waals surface area contributed by atoms with Crippen LogP contribution in [0.4, 0.5) is 0 Å². The fourth-order valence-electron chi connectivity index (χ4n) is 4.02. The number of rotatable bonds is 8. The smallest absolute Gasteiger partial charge is 0.261 e. The number of thiophene rings is 1. The quantitative estimate of drug-likeness (QED) is 0.523. The number of aromatic nitrogens is 2. The van der Waals surface area contributed by atoms with E-state index in [0.29, 0.717) is 18.0 Å². The lowest BCUT2D eigenvalue weighted by molar-refractivity contribution is -0.124. The van der Waals surface area contributed by atoms with Gasteiger partial charge in [-0.15, -0.1) is 11.3 Å². The number of carbonyl (C=O) groups excluding carboxylic acids is 2. The van der Waals surface area contributed by atoms with Crippen LogP contribution in [0.25, 0.3) is 15.9 Å². The van der Waals surface area contributed by atoms with Crippen molar-refractivity contribution in [2.75, 3.05) is 20.2 Å². The predicted molar refractivity (Wildman–Crippen MR) is 122 cm³/mol. The number of aryl methyl sites for hydroxylation is 1. The van der Waals surface area contributed by atoms with E-state index in [-0.39, 0.29) is 17.7 Å². The third-order valence-corrected chi connectivity index (χ3v) is 6.86. The van der Waals surface area contributed by atoms with E-state index in [1.165, 1.54) is 11.3 Å². The fourth-order valence-corrected chi connectivity index (χ4v) is 5.09. The lowest BCUT2D eigenvalue weighted by Crippen LogP contribution is -2.36. The number of benzene rings is 1. The number of methoxy groups -OCH3 is 1. The Morgan fingerprint density at radius 3 is 2.55 bits per heavy atom. The second kappa shape index (κ2) is 9.51. The van der Waals surface area contributed by atoms with Crippen LogP contribution in [0.15, 0.2) is 30.3 Å². The van der Waals surface area contributed by atoms with Crippen LogP contribution in [0, 0.1) is 5.92 Å². The zero-order valence-electron chi connectivity index (χ0n) is 17.9. The summed E-state index contributed by atoms with van der Waals surface area (Å²) < 4.78 is 7.12. The molecular formula is C23H28N4O3S. The first-order valence-corrected chi connectivity index (χ1v) is 11.6. The average molecular weight is 441 g/mol. The zero-order chi connectivity index (χ0) is 21.8. The first-order valence-electron chi connectivity index (χ1n) is 10.8. The van der Waals surface area contributed by atoms with Crippen LogP contribution in [0.5, 0.6) is 5.75 Å². The fraction of sp³-hybridized carbons (Fsp3) is 0.435. The lowest BCUT2D eigenvalue weighted by atomic mass is 10.1. The SMILES string of the molecule is CCc1nn(-c2ccc(OC)cc2)c2sc(C(=O)NCCNC(=O)C3CCCC3)cc12. The number of nitrogens with zero attached hydrogens (tertiary/aromatic N) is 2. The van der Waals surface area contributed by atoms with Crippen molar-refractivity contribution in [3.63, 3.8) is 0 Å². The molecule has 1 aromatic carbocycles. The molecule has 1 aliphatic rings. The maximum absolute atomic E-state index is 12.7. The van der Waals surface area contributed by atoms with Crippen molar-refractivity contribution >= 4 is 33.4 Å². The van der Waals surface area contributed by atoms with Crippen LogP contribution in [0.3, 0.4) is 0 Å². The number of amides is 2. The Labute approximate surface area is 185 Å². The maximum atomic E-state index is 12.7. The summed E-state index contributed by atoms with van der Waals surface area (Å²) in [5, 5.41) is 11.6. The Hall–Kier alpha value is -2.87. The molecule has 1 fully saturated rings. The van der Waals surface area contributed by atoms with Crippen molar-refractivity contribution < 1.29 is 14.3 Å². The monoisotopic (exact) mass is 440 g/mol. The van der Waals surface area contributed by atoms with Crippen molar-refractivity contribution in [1.29, 1.82) is 0 Å². The van der Waals surface area contributed by atoms with Crippen LogP contribution in [-0.4, -0.2) is 41.8 Å². The van der Waals surface area contributed by atoms with E-state index >= 15 is 0 Å². The van der Waals surface area contributed by atoms with E-state index in [1.807, 2.05) is 35.0 Å². The topological polar surface area (TPSA) is 85.2 Å². The van der Waals surface area contributed by atoms with E-state index in [1.54, 1.807) is 7.11 Å². The molecule has 1 saturated carbocycles. The largest absolute Gasteiger partial charge is 0.497 e. The van der Waals surface area contributed by atoms with E-state index in [9.17, 15) is 9.59 Å². The van der Waals surface area contributed by atoms with Gasteiger partial charge < -0.3 is 15.4 Å². The van der Waals surface area contributed by atoms with Gasteiger partial charge in [-0.3, -0.25) is 9.59 Å². The molecule has 0 radical (unpaired) electrons. The Balaban J connectivity index is 1.43. The summed E-state index contributed by atoms with van der Waals surface area (Å²) in [4.78, 5) is 26.4. The first-order chi connectivity index (χ1) is 15.1. The van der Waals surface area contributed by atoms with Gasteiger partial charge >= 0.3 is 0 Å². The molecule has 4 rings (SSSR count). The maximum Gasteiger partial charge on any atom is 0.261 e. The number of ether oxygens (including phenoxy) is 1. The van der Waals surface area contributed by atoms with Crippen molar-refractivity contribution in [3.05, 3.63) is 40.9 Å². The summed E-state index contributed by atoms with van der Waals surface area (Å²) in [5.41, 5.74) is 1.89. The number of hydrogen-bond donors (Lipinski definition) is 2. The van der Waals surface area contributed by atoms with Crippen LogP contribution in [0.1, 0.15) is 48.0 Å². The van der Waals surface area contributed by atoms with Gasteiger partial charge in [0, 0.05) is 24.4 Å². The molecule has 2 heterocycles. The number of fused-ring (bicyclic) bond motifs is 1. The molecule has 0 atom stereocenters. The normalized spacial score (nSPS) is 14.1. The van der Waals surface area contributed by atoms with Gasteiger partial charge in [0.25, 0.3) is 5.91 Å². The standard InChI is InChI=1S/C23H28N4O3S/c1-3-19-18-14-20(22(29)25-13-12-24-21(28)15-6-4-5-7-15)31-23(18)27(26-19)16-8-10-17(30-2)11-9-16/h8-11,14-15H,3-7,12-13H2,1-2H3,(H,24,28)(H,25,29). The van der Waals surface area contributed by atoms with E-state index < -0.39 is 0 Å². The van der Waals surface area contributed by atoms with E-state index in [4.69, 9.17) is 9.84 Å². The van der Waals surface area contributed by atoms with Gasteiger partial charge in [0.15, 0.2) is 0 Å². The Morgan fingerprint density at radius 1 is 1.16 bits per heavy atom. The molecule has 0 bridgehead atoms. The van der Waals surface area contributed by atoms with Gasteiger partial charge in [0.2, 0.25) is 5.91 Å². The molecule has 0 unspecified atom stereocenters. The van der Waals surface area contributed by atoms with Crippen molar-refractivity contribution in [2.24, 2.45) is 5.92 Å². The molecule has 2 amide bonds. The Kier molecular flexibility index (Phi) is 6.56. The summed E-state index contributed by atoms with van der Waals surface area (Å²) in [5.74, 6) is 0.918. The molecule has 0 spiro atoms. The minimum absolute atomic E-state index is 0.112. The molecule has 31 heavy (non-hydrogen) atoms. The predicted octanol–water partition coefficient (Wildman–Crippen LogP) is 3.69. The Morgan fingerprint density at radius 2 is 1.87 bits per heavy atom. The number of carbonyl (C=O) groups is 2. The molecule has 0 saturated heterocycles. The minimum Gasteiger partial charge on any atom is -0.497 e. The summed E-state index contributed by atoms with van der Waals surface area (Å²) in [6, 6.07) is 9.62. The van der Waals surface area contributed by atoms with Gasteiger partial charge in [-0.25, -0.2) is 4.68 Å². The summed E-state index contributed by atoms with van der Waals surface area (Å²) in [7, 11) is 1.64. The molecule has 0 aliphatic heterocycles. The van der Waals surface area contributed by atoms with Crippen LogP contribution in [-0.2, 0) is 11.2 Å². The highest BCUT2D eigenvalue weighted by Gasteiger charge is 2.22. The molecule has 8 heteroatoms. The van der Waals surface area contributed by atoms with Gasteiger partial charge in [-0.05, 0) is 49.6 Å². The van der Waals surface area contributed by atoms with Gasteiger partial charge in [-0.2, -0.15) is 5.10 Å². The van der Waals surface area contributed by atoms with Crippen molar-refractivity contribution in [3.8, 4) is 11.4 Å². The van der Waals surface area contributed by atoms with E-state index in [0.717, 1.165) is 59.5 Å². The zero-order valence-corrected chi connectivity index (χ0v) is 18.8. The third kappa shape index (κ3) is 4.58. The summed E-state index contributed by atoms with van der Waals surface area (Å²) >= 11 is 1.43. The van der Waals surface area contributed by atoms with E-state index in [2.05, 4.69) is 17.6 Å². The van der Waals surface area contributed by atoms with Gasteiger partial charge in [-0.1, -0.05) is 19.8 Å². The highest BCUT2D eigenvalue weighted by molar-refractivity contribution is 7.20. The second-order valence-corrected chi connectivity index (χ2v) is 8.80. The molecule has 2 N–H and O–H groups in total. The van der Waals surface area contributed by atoms with Crippen molar-refractivity contribution in [1.82, 2.24) is 20.4 Å². The number of hydrogen-bond acceptors (Lipinski definition) is 5. The minimum atomic E-state index is -0.125. The molecule has 3 aromatic rings. The lowest BCUT2D eigenvalue weighted by Gasteiger charge is -2.10. The molecule has 1 aliphatic carbocycles. The molecular weight excluding hydrogens is 412 g/mol. The van der Waals surface area contributed by atoms with Gasteiger partial charge in [0.05, 0.1) is 23.4 Å². The molecule has 7 nitrogen and oxygen atoms in total. The molecule has 2 aromatic heterocycles. The van der Waals surface area contributed by atoms with Crippen LogP contribution >= 0.6 is 11.3 Å². The summed E-state index contributed by atoms with van der Waals surface area (Å²) in [6.45, 7) is 2.92. The molecule has 164 valence electrons. The Bertz CT molecular complexity index is 1060. The second-order valence-electron chi connectivity index (χ2n) is 7.77. The number of nitrogens with one attached hydrogen (secondary N) is 2. The summed E-state index contributed by atoms with van der Waals surface area (Å²) in [6.07, 6.45) is 5.00. The third-order valence-electron chi connectivity index (χ3n) is 5.75.